The van der Waals surface area contributed by atoms with Crippen LogP contribution in [0.5, 0.6) is 0 Å². The third-order valence-electron chi connectivity index (χ3n) is 5.01. The second-order valence-electron chi connectivity index (χ2n) is 6.70. The molecule has 0 spiro atoms. The summed E-state index contributed by atoms with van der Waals surface area (Å²) in [6.45, 7) is 2.43. The smallest absolute Gasteiger partial charge is 0.261 e. The van der Waals surface area contributed by atoms with Crippen molar-refractivity contribution in [3.63, 3.8) is 0 Å². The number of carbonyl (C=O) groups excluding carboxylic acids is 3. The Balaban J connectivity index is 1.89. The van der Waals surface area contributed by atoms with Gasteiger partial charge in [-0.05, 0) is 30.0 Å². The summed E-state index contributed by atoms with van der Waals surface area (Å²) >= 11 is 0. The van der Waals surface area contributed by atoms with Crippen molar-refractivity contribution < 1.29 is 14.4 Å². The van der Waals surface area contributed by atoms with Crippen LogP contribution in [0.2, 0.25) is 0 Å². The summed E-state index contributed by atoms with van der Waals surface area (Å²) in [4.78, 5) is 40.1. The van der Waals surface area contributed by atoms with Gasteiger partial charge in [-0.25, -0.2) is 0 Å². The number of amides is 2. The largest absolute Gasteiger partial charge is 0.289 e. The zero-order valence-electron chi connectivity index (χ0n) is 15.1. The molecule has 1 aliphatic heterocycles. The van der Waals surface area contributed by atoms with E-state index in [2.05, 4.69) is 0 Å². The van der Waals surface area contributed by atoms with E-state index in [1.54, 1.807) is 42.5 Å². The summed E-state index contributed by atoms with van der Waals surface area (Å²) in [5.74, 6) is -0.681. The van der Waals surface area contributed by atoms with Crippen LogP contribution in [-0.2, 0) is 0 Å². The average Bonchev–Trinajstić information content (AvgIpc) is 2.71. The monoisotopic (exact) mass is 357 g/mol. The molecule has 4 heteroatoms. The first kappa shape index (κ1) is 17.2. The number of nitrogens with zero attached hydrogens (tertiary/aromatic N) is 1. The molecule has 1 heterocycles. The van der Waals surface area contributed by atoms with Crippen molar-refractivity contribution >= 4 is 28.4 Å². The van der Waals surface area contributed by atoms with Crippen LogP contribution in [0.15, 0.2) is 60.7 Å². The Morgan fingerprint density at radius 2 is 1.56 bits per heavy atom. The maximum Gasteiger partial charge on any atom is 0.261 e. The summed E-state index contributed by atoms with van der Waals surface area (Å²) in [5, 5.41) is 1.23. The van der Waals surface area contributed by atoms with Crippen molar-refractivity contribution in [2.75, 3.05) is 6.54 Å². The van der Waals surface area contributed by atoms with Gasteiger partial charge >= 0.3 is 0 Å². The molecule has 0 aromatic heterocycles. The molecule has 0 aliphatic carbocycles. The van der Waals surface area contributed by atoms with Crippen LogP contribution < -0.4 is 0 Å². The fourth-order valence-electron chi connectivity index (χ4n) is 3.61. The lowest BCUT2D eigenvalue weighted by molar-refractivity contribution is 0.0608. The third-order valence-corrected chi connectivity index (χ3v) is 5.01. The summed E-state index contributed by atoms with van der Waals surface area (Å²) in [7, 11) is 0. The molecule has 0 unspecified atom stereocenters. The molecule has 0 saturated carbocycles. The summed E-state index contributed by atoms with van der Waals surface area (Å²) < 4.78 is 0. The van der Waals surface area contributed by atoms with E-state index >= 15 is 0 Å². The Kier molecular flexibility index (Phi) is 4.32. The van der Waals surface area contributed by atoms with E-state index in [-0.39, 0.29) is 17.6 Å². The molecule has 0 fully saturated rings. The van der Waals surface area contributed by atoms with Crippen molar-refractivity contribution in [1.82, 2.24) is 4.90 Å². The fourth-order valence-corrected chi connectivity index (χ4v) is 3.61. The Morgan fingerprint density at radius 3 is 2.26 bits per heavy atom. The quantitative estimate of drug-likeness (QED) is 0.500. The van der Waals surface area contributed by atoms with Crippen molar-refractivity contribution in [2.24, 2.45) is 0 Å². The number of hydrogen-bond acceptors (Lipinski definition) is 3. The zero-order chi connectivity index (χ0) is 19.0. The van der Waals surface area contributed by atoms with Crippen LogP contribution in [0.4, 0.5) is 0 Å². The number of rotatable bonds is 5. The van der Waals surface area contributed by atoms with Gasteiger partial charge in [-0.2, -0.15) is 0 Å². The van der Waals surface area contributed by atoms with Gasteiger partial charge in [0.15, 0.2) is 5.78 Å². The first-order valence-corrected chi connectivity index (χ1v) is 9.15. The van der Waals surface area contributed by atoms with Gasteiger partial charge in [-0.15, -0.1) is 0 Å². The van der Waals surface area contributed by atoms with Gasteiger partial charge in [0.25, 0.3) is 11.8 Å². The first-order valence-electron chi connectivity index (χ1n) is 9.15. The van der Waals surface area contributed by atoms with Gasteiger partial charge in [0.1, 0.15) is 0 Å². The van der Waals surface area contributed by atoms with Crippen molar-refractivity contribution in [1.29, 1.82) is 0 Å². The highest BCUT2D eigenvalue weighted by Crippen LogP contribution is 2.33. The molecule has 4 rings (SSSR count). The van der Waals surface area contributed by atoms with Gasteiger partial charge < -0.3 is 0 Å². The predicted octanol–water partition coefficient (Wildman–Crippen LogP) is 4.47. The molecule has 0 saturated heterocycles. The summed E-state index contributed by atoms with van der Waals surface area (Å²) in [6.07, 6.45) is 1.67. The fraction of sp³-hybridized carbons (Fsp3) is 0.174. The number of imide groups is 1. The first-order chi connectivity index (χ1) is 13.1. The standard InChI is InChI=1S/C23H19NO3/c1-2-3-14-24-22(26)18-11-7-10-16-17(12-13-19(20(16)18)23(24)27)21(25)15-8-5-4-6-9-15/h4-13H,2-3,14H2,1H3. The normalized spacial score (nSPS) is 13.3. The number of hydrogen-bond donors (Lipinski definition) is 0. The van der Waals surface area contributed by atoms with Crippen LogP contribution in [-0.4, -0.2) is 29.0 Å². The van der Waals surface area contributed by atoms with E-state index in [0.29, 0.717) is 39.6 Å². The van der Waals surface area contributed by atoms with Crippen molar-refractivity contribution in [3.05, 3.63) is 82.9 Å². The lowest BCUT2D eigenvalue weighted by atomic mass is 9.89. The maximum absolute atomic E-state index is 13.0. The van der Waals surface area contributed by atoms with E-state index in [0.717, 1.165) is 12.8 Å². The molecule has 27 heavy (non-hydrogen) atoms. The van der Waals surface area contributed by atoms with Crippen LogP contribution in [0.3, 0.4) is 0 Å². The SMILES string of the molecule is CCCCN1C(=O)c2cccc3c(C(=O)c4ccccc4)ccc(c23)C1=O. The molecule has 1 aliphatic rings. The highest BCUT2D eigenvalue weighted by Gasteiger charge is 2.33. The second-order valence-corrected chi connectivity index (χ2v) is 6.70. The van der Waals surface area contributed by atoms with Crippen molar-refractivity contribution in [3.8, 4) is 0 Å². The van der Waals surface area contributed by atoms with E-state index in [1.165, 1.54) is 4.90 Å². The van der Waals surface area contributed by atoms with E-state index < -0.39 is 0 Å². The number of unbranched alkanes of at least 4 members (excludes halogenated alkanes) is 1. The molecule has 0 N–H and O–H groups in total. The van der Waals surface area contributed by atoms with E-state index in [1.807, 2.05) is 25.1 Å². The molecule has 3 aromatic carbocycles. The minimum Gasteiger partial charge on any atom is -0.289 e. The minimum atomic E-state index is -0.282. The average molecular weight is 357 g/mol. The Bertz CT molecular complexity index is 1050. The van der Waals surface area contributed by atoms with Gasteiger partial charge in [-0.3, -0.25) is 19.3 Å². The molecule has 2 amide bonds. The highest BCUT2D eigenvalue weighted by molar-refractivity contribution is 6.28. The topological polar surface area (TPSA) is 54.5 Å². The minimum absolute atomic E-state index is 0.118. The van der Waals surface area contributed by atoms with Gasteiger partial charge in [0.2, 0.25) is 0 Å². The second kappa shape index (κ2) is 6.80. The lowest BCUT2D eigenvalue weighted by Gasteiger charge is -2.27. The van der Waals surface area contributed by atoms with Crippen LogP contribution in [0.25, 0.3) is 10.8 Å². The predicted molar refractivity (Wildman–Crippen MR) is 104 cm³/mol. The Hall–Kier alpha value is -3.27. The zero-order valence-corrected chi connectivity index (χ0v) is 15.1. The highest BCUT2D eigenvalue weighted by atomic mass is 16.2. The molecular formula is C23H19NO3. The molecule has 134 valence electrons. The molecule has 4 nitrogen and oxygen atoms in total. The summed E-state index contributed by atoms with van der Waals surface area (Å²) in [5.41, 5.74) is 2.06. The Morgan fingerprint density at radius 1 is 0.852 bits per heavy atom. The number of carbonyl (C=O) groups is 3. The maximum atomic E-state index is 13.0. The molecular weight excluding hydrogens is 338 g/mol. The van der Waals surface area contributed by atoms with Crippen LogP contribution in [0.1, 0.15) is 56.4 Å². The molecule has 0 bridgehead atoms. The van der Waals surface area contributed by atoms with Gasteiger partial charge in [0.05, 0.1) is 0 Å². The Labute approximate surface area is 157 Å². The van der Waals surface area contributed by atoms with Gasteiger partial charge in [0, 0.05) is 34.2 Å². The van der Waals surface area contributed by atoms with E-state index in [9.17, 15) is 14.4 Å². The number of ketones is 1. The molecule has 0 atom stereocenters. The lowest BCUT2D eigenvalue weighted by Crippen LogP contribution is -2.40. The molecule has 3 aromatic rings. The molecule has 0 radical (unpaired) electrons. The van der Waals surface area contributed by atoms with Crippen LogP contribution >= 0.6 is 0 Å². The van der Waals surface area contributed by atoms with E-state index in [4.69, 9.17) is 0 Å². The summed E-state index contributed by atoms with van der Waals surface area (Å²) in [6, 6.07) is 17.7. The third kappa shape index (κ3) is 2.74. The van der Waals surface area contributed by atoms with Crippen LogP contribution in [0, 0.1) is 0 Å². The van der Waals surface area contributed by atoms with Gasteiger partial charge in [-0.1, -0.05) is 55.8 Å². The van der Waals surface area contributed by atoms with Crippen molar-refractivity contribution in [2.45, 2.75) is 19.8 Å². The number of benzene rings is 3.